The molecule has 0 bridgehead atoms. The first-order valence-corrected chi connectivity index (χ1v) is 6.90. The second-order valence-electron chi connectivity index (χ2n) is 5.91. The maximum absolute atomic E-state index is 6.47. The molecule has 0 heterocycles. The van der Waals surface area contributed by atoms with Gasteiger partial charge >= 0.3 is 0 Å². The largest absolute Gasteiger partial charge is 0.324 e. The quantitative estimate of drug-likeness (QED) is 0.813. The zero-order valence-corrected chi connectivity index (χ0v) is 11.4. The second kappa shape index (κ2) is 5.22. The van der Waals surface area contributed by atoms with Crippen molar-refractivity contribution >= 4 is 0 Å². The summed E-state index contributed by atoms with van der Waals surface area (Å²) in [5, 5.41) is 0. The van der Waals surface area contributed by atoms with E-state index in [0.717, 1.165) is 5.92 Å². The smallest absolute Gasteiger partial charge is 0.0326 e. The van der Waals surface area contributed by atoms with Crippen LogP contribution < -0.4 is 5.73 Å². The maximum atomic E-state index is 6.47. The molecule has 0 amide bonds. The van der Waals surface area contributed by atoms with Gasteiger partial charge < -0.3 is 5.73 Å². The van der Waals surface area contributed by atoms with E-state index in [1.807, 2.05) is 0 Å². The summed E-state index contributed by atoms with van der Waals surface area (Å²) in [6.07, 6.45) is 5.30. The molecule has 0 spiro atoms. The van der Waals surface area contributed by atoms with E-state index in [2.05, 4.69) is 39.0 Å². The van der Waals surface area contributed by atoms with Crippen molar-refractivity contribution in [2.75, 3.05) is 0 Å². The van der Waals surface area contributed by atoms with E-state index >= 15 is 0 Å². The molecule has 1 aromatic carbocycles. The van der Waals surface area contributed by atoms with Gasteiger partial charge in [-0.3, -0.25) is 0 Å². The molecule has 0 saturated heterocycles. The summed E-state index contributed by atoms with van der Waals surface area (Å²) in [6, 6.07) is 6.91. The zero-order valence-electron chi connectivity index (χ0n) is 11.4. The van der Waals surface area contributed by atoms with Crippen LogP contribution >= 0.6 is 0 Å². The first kappa shape index (κ1) is 12.6. The molecule has 1 heteroatoms. The molecule has 0 radical (unpaired) electrons. The first-order valence-electron chi connectivity index (χ1n) is 6.90. The van der Waals surface area contributed by atoms with Gasteiger partial charge in [-0.05, 0) is 49.7 Å². The third kappa shape index (κ3) is 2.90. The van der Waals surface area contributed by atoms with Gasteiger partial charge in [-0.2, -0.15) is 0 Å². The molecule has 2 N–H and O–H groups in total. The molecular weight excluding hydrogens is 206 g/mol. The van der Waals surface area contributed by atoms with Crippen LogP contribution in [0.2, 0.25) is 0 Å². The number of nitrogens with two attached hydrogens (primary N) is 1. The Hall–Kier alpha value is -0.820. The molecule has 1 unspecified atom stereocenters. The van der Waals surface area contributed by atoms with Crippen molar-refractivity contribution in [3.8, 4) is 0 Å². The van der Waals surface area contributed by atoms with Crippen molar-refractivity contribution in [3.05, 3.63) is 34.9 Å². The highest BCUT2D eigenvalue weighted by Gasteiger charge is 2.25. The van der Waals surface area contributed by atoms with Crippen LogP contribution in [0, 0.1) is 25.7 Å². The fourth-order valence-electron chi connectivity index (χ4n) is 3.10. The Morgan fingerprint density at radius 3 is 2.35 bits per heavy atom. The minimum absolute atomic E-state index is 0.239. The van der Waals surface area contributed by atoms with Crippen molar-refractivity contribution in [2.45, 2.75) is 52.5 Å². The highest BCUT2D eigenvalue weighted by Crippen LogP contribution is 2.36. The number of benzene rings is 1. The fraction of sp³-hybridized carbons (Fsp3) is 0.625. The van der Waals surface area contributed by atoms with Crippen LogP contribution in [0.15, 0.2) is 18.2 Å². The highest BCUT2D eigenvalue weighted by atomic mass is 14.7. The molecule has 0 aliphatic heterocycles. The summed E-state index contributed by atoms with van der Waals surface area (Å²) in [7, 11) is 0. The van der Waals surface area contributed by atoms with Gasteiger partial charge in [0.05, 0.1) is 0 Å². The minimum Gasteiger partial charge on any atom is -0.324 e. The standard InChI is InChI=1S/C16H25N/c1-11-4-7-14(8-5-11)16(17)15-9-6-12(2)10-13(15)3/h6,9-11,14,16H,4-5,7-8,17H2,1-3H3. The number of hydrogen-bond donors (Lipinski definition) is 1. The SMILES string of the molecule is Cc1ccc(C(N)C2CCC(C)CC2)c(C)c1. The van der Waals surface area contributed by atoms with Gasteiger partial charge in [0.2, 0.25) is 0 Å². The normalized spacial score (nSPS) is 26.8. The maximum Gasteiger partial charge on any atom is 0.0326 e. The minimum atomic E-state index is 0.239. The van der Waals surface area contributed by atoms with Gasteiger partial charge in [0.1, 0.15) is 0 Å². The van der Waals surface area contributed by atoms with Gasteiger partial charge in [-0.15, -0.1) is 0 Å². The molecule has 1 fully saturated rings. The predicted molar refractivity (Wildman–Crippen MR) is 74.0 cm³/mol. The lowest BCUT2D eigenvalue weighted by Crippen LogP contribution is -2.26. The predicted octanol–water partition coefficient (Wildman–Crippen LogP) is 4.13. The van der Waals surface area contributed by atoms with Crippen molar-refractivity contribution in [3.63, 3.8) is 0 Å². The molecule has 2 rings (SSSR count). The van der Waals surface area contributed by atoms with Gasteiger partial charge in [-0.25, -0.2) is 0 Å². The lowest BCUT2D eigenvalue weighted by Gasteiger charge is -2.31. The van der Waals surface area contributed by atoms with Crippen LogP contribution in [-0.4, -0.2) is 0 Å². The fourth-order valence-corrected chi connectivity index (χ4v) is 3.10. The van der Waals surface area contributed by atoms with Crippen LogP contribution in [0.25, 0.3) is 0 Å². The van der Waals surface area contributed by atoms with Crippen molar-refractivity contribution in [2.24, 2.45) is 17.6 Å². The molecular formula is C16H25N. The Kier molecular flexibility index (Phi) is 3.88. The molecule has 17 heavy (non-hydrogen) atoms. The number of hydrogen-bond acceptors (Lipinski definition) is 1. The van der Waals surface area contributed by atoms with E-state index in [-0.39, 0.29) is 6.04 Å². The monoisotopic (exact) mass is 231 g/mol. The molecule has 0 aromatic heterocycles. The molecule has 1 aromatic rings. The highest BCUT2D eigenvalue weighted by molar-refractivity contribution is 5.33. The van der Waals surface area contributed by atoms with Crippen LogP contribution in [0.3, 0.4) is 0 Å². The Bertz CT molecular complexity index is 375. The van der Waals surface area contributed by atoms with Crippen LogP contribution in [0.1, 0.15) is 55.3 Å². The van der Waals surface area contributed by atoms with Crippen LogP contribution in [0.4, 0.5) is 0 Å². The van der Waals surface area contributed by atoms with E-state index in [1.165, 1.54) is 42.4 Å². The average molecular weight is 231 g/mol. The third-order valence-electron chi connectivity index (χ3n) is 4.35. The zero-order chi connectivity index (χ0) is 12.4. The Morgan fingerprint density at radius 2 is 1.76 bits per heavy atom. The van der Waals surface area contributed by atoms with E-state index in [0.29, 0.717) is 5.92 Å². The molecule has 1 aliphatic rings. The van der Waals surface area contributed by atoms with E-state index < -0.39 is 0 Å². The van der Waals surface area contributed by atoms with Gasteiger partial charge in [-0.1, -0.05) is 43.5 Å². The van der Waals surface area contributed by atoms with Crippen molar-refractivity contribution in [1.82, 2.24) is 0 Å². The summed E-state index contributed by atoms with van der Waals surface area (Å²) in [5.41, 5.74) is 10.5. The molecule has 94 valence electrons. The van der Waals surface area contributed by atoms with E-state index in [1.54, 1.807) is 0 Å². The number of aryl methyl sites for hydroxylation is 2. The van der Waals surface area contributed by atoms with Crippen LogP contribution in [0.5, 0.6) is 0 Å². The van der Waals surface area contributed by atoms with E-state index in [9.17, 15) is 0 Å². The van der Waals surface area contributed by atoms with Gasteiger partial charge in [0.25, 0.3) is 0 Å². The Balaban J connectivity index is 2.11. The van der Waals surface area contributed by atoms with Gasteiger partial charge in [0, 0.05) is 6.04 Å². The second-order valence-corrected chi connectivity index (χ2v) is 5.91. The van der Waals surface area contributed by atoms with Crippen molar-refractivity contribution in [1.29, 1.82) is 0 Å². The molecule has 1 aliphatic carbocycles. The average Bonchev–Trinajstić information content (AvgIpc) is 2.29. The summed E-state index contributed by atoms with van der Waals surface area (Å²) < 4.78 is 0. The molecule has 1 atom stereocenters. The summed E-state index contributed by atoms with van der Waals surface area (Å²) in [4.78, 5) is 0. The number of rotatable bonds is 2. The Morgan fingerprint density at radius 1 is 1.12 bits per heavy atom. The third-order valence-corrected chi connectivity index (χ3v) is 4.35. The summed E-state index contributed by atoms with van der Waals surface area (Å²) in [6.45, 7) is 6.69. The first-order chi connectivity index (χ1) is 8.08. The van der Waals surface area contributed by atoms with E-state index in [4.69, 9.17) is 5.73 Å². The Labute approximate surface area is 105 Å². The van der Waals surface area contributed by atoms with Gasteiger partial charge in [0.15, 0.2) is 0 Å². The lowest BCUT2D eigenvalue weighted by atomic mass is 9.77. The van der Waals surface area contributed by atoms with Crippen LogP contribution in [-0.2, 0) is 0 Å². The molecule has 1 saturated carbocycles. The molecule has 1 nitrogen and oxygen atoms in total. The summed E-state index contributed by atoms with van der Waals surface area (Å²) >= 11 is 0. The topological polar surface area (TPSA) is 26.0 Å². The van der Waals surface area contributed by atoms with Crippen molar-refractivity contribution < 1.29 is 0 Å². The lowest BCUT2D eigenvalue weighted by molar-refractivity contribution is 0.256. The summed E-state index contributed by atoms with van der Waals surface area (Å²) in [5.74, 6) is 1.59.